The summed E-state index contributed by atoms with van der Waals surface area (Å²) in [5, 5.41) is 11.1. The predicted octanol–water partition coefficient (Wildman–Crippen LogP) is 10.7. The van der Waals surface area contributed by atoms with E-state index in [1.54, 1.807) is 14.2 Å². The summed E-state index contributed by atoms with van der Waals surface area (Å²) < 4.78 is 16.3. The molecule has 248 valence electrons. The highest BCUT2D eigenvalue weighted by atomic mass is 16.5. The Bertz CT molecular complexity index is 2950. The lowest BCUT2D eigenvalue weighted by Gasteiger charge is -2.26. The van der Waals surface area contributed by atoms with Gasteiger partial charge in [0.15, 0.2) is 18.6 Å². The largest absolute Gasteiger partial charge is 0.497 e. The van der Waals surface area contributed by atoms with Crippen molar-refractivity contribution in [2.75, 3.05) is 14.2 Å². The molecule has 0 aliphatic heterocycles. The zero-order valence-electron chi connectivity index (χ0n) is 29.6. The summed E-state index contributed by atoms with van der Waals surface area (Å²) in [7, 11) is 7.75. The monoisotopic (exact) mass is 672 g/mol. The molecule has 0 N–H and O–H groups in total. The third-order valence-electron chi connectivity index (χ3n) is 11.0. The van der Waals surface area contributed by atoms with Gasteiger partial charge in [0.05, 0.1) is 25.0 Å². The minimum absolute atomic E-state index is 0.837. The molecule has 0 aliphatic rings. The van der Waals surface area contributed by atoms with Crippen molar-refractivity contribution in [1.82, 2.24) is 0 Å². The fourth-order valence-electron chi connectivity index (χ4n) is 8.78. The zero-order valence-corrected chi connectivity index (χ0v) is 29.6. The molecule has 2 aromatic heterocycles. The van der Waals surface area contributed by atoms with Gasteiger partial charge < -0.3 is 9.47 Å². The van der Waals surface area contributed by atoms with Crippen molar-refractivity contribution in [3.8, 4) is 56.0 Å². The van der Waals surface area contributed by atoms with E-state index in [0.29, 0.717) is 0 Å². The molecule has 0 saturated heterocycles. The second-order valence-electron chi connectivity index (χ2n) is 13.8. The van der Waals surface area contributed by atoms with Crippen molar-refractivity contribution in [2.45, 2.75) is 0 Å². The smallest absolute Gasteiger partial charge is 0.225 e. The normalized spacial score (nSPS) is 11.8. The number of nitrogens with zero attached hydrogens (tertiary/aromatic N) is 2. The van der Waals surface area contributed by atoms with Crippen molar-refractivity contribution in [3.05, 3.63) is 146 Å². The first-order chi connectivity index (χ1) is 25.6. The van der Waals surface area contributed by atoms with Gasteiger partial charge in [0.2, 0.25) is 5.52 Å². The Morgan fingerprint density at radius 3 is 1.38 bits per heavy atom. The molecule has 0 amide bonds. The Hall–Kier alpha value is -6.52. The van der Waals surface area contributed by atoms with Crippen LogP contribution in [0.3, 0.4) is 0 Å². The van der Waals surface area contributed by atoms with Crippen molar-refractivity contribution >= 4 is 54.0 Å². The van der Waals surface area contributed by atoms with Crippen molar-refractivity contribution in [1.29, 1.82) is 0 Å². The third-order valence-corrected chi connectivity index (χ3v) is 11.0. The number of hydrogen-bond acceptors (Lipinski definition) is 2. The molecule has 0 spiro atoms. The van der Waals surface area contributed by atoms with E-state index in [-0.39, 0.29) is 0 Å². The van der Waals surface area contributed by atoms with Gasteiger partial charge in [-0.1, -0.05) is 84.9 Å². The standard InChI is InChI=1S/C48H36N2O2/c1-49-26-23-32(24-27-49)42-37-25-28-50(2)48-46(37)44-35(40(42)30-13-9-6-10-14-30)20-19-34-39(29-11-7-5-8-12-29)41(31-15-17-33(51-3)18-16-31)36-21-22-38(52-4)47(48)45(36)43(34)44/h5-28H,1-4H3/q+2. The Kier molecular flexibility index (Phi) is 6.71. The topological polar surface area (TPSA) is 26.2 Å². The van der Waals surface area contributed by atoms with Gasteiger partial charge in [0.25, 0.3) is 0 Å². The molecule has 0 atom stereocenters. The number of aromatic nitrogens is 2. The van der Waals surface area contributed by atoms with Crippen LogP contribution in [-0.2, 0) is 14.1 Å². The molecular weight excluding hydrogens is 637 g/mol. The van der Waals surface area contributed by atoms with Gasteiger partial charge in [0, 0.05) is 34.4 Å². The number of aryl methyl sites for hydroxylation is 2. The Labute approximate surface area is 302 Å². The average Bonchev–Trinajstić information content (AvgIpc) is 3.20. The maximum Gasteiger partial charge on any atom is 0.225 e. The summed E-state index contributed by atoms with van der Waals surface area (Å²) in [5.41, 5.74) is 10.8. The molecule has 0 unspecified atom stereocenters. The lowest BCUT2D eigenvalue weighted by molar-refractivity contribution is -0.671. The van der Waals surface area contributed by atoms with E-state index in [0.717, 1.165) is 22.4 Å². The number of methoxy groups -OCH3 is 2. The van der Waals surface area contributed by atoms with Crippen molar-refractivity contribution in [3.63, 3.8) is 0 Å². The zero-order chi connectivity index (χ0) is 35.1. The Morgan fingerprint density at radius 2 is 0.846 bits per heavy atom. The van der Waals surface area contributed by atoms with Crippen LogP contribution in [0.25, 0.3) is 98.5 Å². The fourth-order valence-corrected chi connectivity index (χ4v) is 8.78. The number of hydrogen-bond donors (Lipinski definition) is 0. The number of fused-ring (bicyclic) bond motifs is 1. The molecule has 0 radical (unpaired) electrons. The minimum Gasteiger partial charge on any atom is -0.497 e. The van der Waals surface area contributed by atoms with E-state index >= 15 is 0 Å². The van der Waals surface area contributed by atoms with Crippen LogP contribution in [0.4, 0.5) is 0 Å². The molecular formula is C48H36N2O2+2. The van der Waals surface area contributed by atoms with Crippen molar-refractivity contribution < 1.29 is 18.6 Å². The van der Waals surface area contributed by atoms with E-state index in [2.05, 4.69) is 169 Å². The van der Waals surface area contributed by atoms with Gasteiger partial charge in [-0.25, -0.2) is 9.13 Å². The van der Waals surface area contributed by atoms with Crippen molar-refractivity contribution in [2.24, 2.45) is 14.1 Å². The minimum atomic E-state index is 0.837. The summed E-state index contributed by atoms with van der Waals surface area (Å²) in [5.74, 6) is 1.71. The summed E-state index contributed by atoms with van der Waals surface area (Å²) in [6.45, 7) is 0. The predicted molar refractivity (Wildman–Crippen MR) is 214 cm³/mol. The number of ether oxygens (including phenoxy) is 2. The second-order valence-corrected chi connectivity index (χ2v) is 13.8. The SMILES string of the molecule is COc1ccc(-c2c(-c3ccccc3)c3ccc4c(-c5ccccc5)c(-c5cc[n+](C)cc5)c5cc[n+](C)c6c7c(OC)ccc2c7c3c4c56)cc1. The van der Waals surface area contributed by atoms with Crippen LogP contribution >= 0.6 is 0 Å². The molecule has 10 aromatic rings. The van der Waals surface area contributed by atoms with Crippen LogP contribution in [-0.4, -0.2) is 14.2 Å². The maximum atomic E-state index is 6.28. The first-order valence-corrected chi connectivity index (χ1v) is 17.7. The summed E-state index contributed by atoms with van der Waals surface area (Å²) in [6, 6.07) is 46.2. The molecule has 0 bridgehead atoms. The lowest BCUT2D eigenvalue weighted by atomic mass is 9.77. The quantitative estimate of drug-likeness (QED) is 0.0998. The number of rotatable bonds is 6. The lowest BCUT2D eigenvalue weighted by Crippen LogP contribution is -2.28. The highest BCUT2D eigenvalue weighted by molar-refractivity contribution is 6.44. The molecule has 52 heavy (non-hydrogen) atoms. The molecule has 0 aliphatic carbocycles. The van der Waals surface area contributed by atoms with E-state index in [4.69, 9.17) is 9.47 Å². The van der Waals surface area contributed by atoms with E-state index in [1.165, 1.54) is 87.6 Å². The summed E-state index contributed by atoms with van der Waals surface area (Å²) in [4.78, 5) is 0. The van der Waals surface area contributed by atoms with Crippen LogP contribution in [0.5, 0.6) is 11.5 Å². The molecule has 2 heterocycles. The van der Waals surface area contributed by atoms with Crippen LogP contribution in [0.2, 0.25) is 0 Å². The van der Waals surface area contributed by atoms with Gasteiger partial charge in [-0.15, -0.1) is 0 Å². The van der Waals surface area contributed by atoms with Gasteiger partial charge in [0.1, 0.15) is 25.6 Å². The van der Waals surface area contributed by atoms with Crippen LogP contribution in [0, 0.1) is 0 Å². The molecule has 10 rings (SSSR count). The van der Waals surface area contributed by atoms with E-state index in [9.17, 15) is 0 Å². The average molecular weight is 673 g/mol. The Morgan fingerprint density at radius 1 is 0.385 bits per heavy atom. The first kappa shape index (κ1) is 30.3. The molecule has 4 heteroatoms. The van der Waals surface area contributed by atoms with E-state index in [1.807, 2.05) is 0 Å². The van der Waals surface area contributed by atoms with Gasteiger partial charge >= 0.3 is 0 Å². The summed E-state index contributed by atoms with van der Waals surface area (Å²) in [6.07, 6.45) is 6.51. The first-order valence-electron chi connectivity index (χ1n) is 17.7. The maximum absolute atomic E-state index is 6.28. The van der Waals surface area contributed by atoms with Crippen LogP contribution in [0.1, 0.15) is 0 Å². The second kappa shape index (κ2) is 11.5. The highest BCUT2D eigenvalue weighted by Gasteiger charge is 2.31. The third kappa shape index (κ3) is 4.21. The molecule has 0 fully saturated rings. The van der Waals surface area contributed by atoms with Crippen LogP contribution < -0.4 is 18.6 Å². The highest BCUT2D eigenvalue weighted by Crippen LogP contribution is 2.56. The van der Waals surface area contributed by atoms with E-state index < -0.39 is 0 Å². The molecule has 0 saturated carbocycles. The number of pyridine rings is 2. The van der Waals surface area contributed by atoms with Crippen LogP contribution in [0.15, 0.2) is 146 Å². The summed E-state index contributed by atoms with van der Waals surface area (Å²) >= 11 is 0. The van der Waals surface area contributed by atoms with Gasteiger partial charge in [-0.3, -0.25) is 0 Å². The van der Waals surface area contributed by atoms with Gasteiger partial charge in [-0.05, 0) is 90.3 Å². The Balaban J connectivity index is 1.53. The molecule has 8 aromatic carbocycles. The number of benzene rings is 8. The van der Waals surface area contributed by atoms with Gasteiger partial charge in [-0.2, -0.15) is 0 Å². The molecule has 4 nitrogen and oxygen atoms in total. The fraction of sp³-hybridized carbons (Fsp3) is 0.0833.